The van der Waals surface area contributed by atoms with E-state index in [0.717, 1.165) is 11.8 Å². The van der Waals surface area contributed by atoms with Crippen LogP contribution in [0.15, 0.2) is 47.6 Å². The largest absolute Gasteiger partial charge is 0.495 e. The molecule has 0 aliphatic rings. The normalized spacial score (nSPS) is 11.6. The van der Waals surface area contributed by atoms with Gasteiger partial charge in [0, 0.05) is 27.9 Å². The zero-order chi connectivity index (χ0) is 21.7. The molecular formula is C19H20Cl2N4O3S2. The second kappa shape index (κ2) is 10.0. The van der Waals surface area contributed by atoms with Gasteiger partial charge in [0.05, 0.1) is 19.1 Å². The van der Waals surface area contributed by atoms with Gasteiger partial charge in [-0.05, 0) is 36.8 Å². The summed E-state index contributed by atoms with van der Waals surface area (Å²) < 4.78 is 32.3. The minimum Gasteiger partial charge on any atom is -0.495 e. The SMILES string of the molecule is COc1ccc(Cl)cc1-n1c(SCCCNS(C)(=O)=O)nnc1-c1cccc(Cl)c1. The lowest BCUT2D eigenvalue weighted by molar-refractivity contribution is 0.412. The van der Waals surface area contributed by atoms with Crippen molar-refractivity contribution in [3.8, 4) is 22.8 Å². The Morgan fingerprint density at radius 2 is 1.90 bits per heavy atom. The lowest BCUT2D eigenvalue weighted by atomic mass is 10.2. The summed E-state index contributed by atoms with van der Waals surface area (Å²) in [5.74, 6) is 1.84. The molecule has 160 valence electrons. The summed E-state index contributed by atoms with van der Waals surface area (Å²) in [5.41, 5.74) is 1.49. The van der Waals surface area contributed by atoms with Crippen molar-refractivity contribution < 1.29 is 13.2 Å². The average Bonchev–Trinajstić information content (AvgIpc) is 3.10. The van der Waals surface area contributed by atoms with Gasteiger partial charge >= 0.3 is 0 Å². The van der Waals surface area contributed by atoms with Crippen molar-refractivity contribution in [2.24, 2.45) is 0 Å². The summed E-state index contributed by atoms with van der Waals surface area (Å²) in [6, 6.07) is 12.6. The number of thioether (sulfide) groups is 1. The van der Waals surface area contributed by atoms with Crippen molar-refractivity contribution in [3.63, 3.8) is 0 Å². The van der Waals surface area contributed by atoms with E-state index in [-0.39, 0.29) is 0 Å². The van der Waals surface area contributed by atoms with Crippen LogP contribution in [0.3, 0.4) is 0 Å². The standard InChI is InChI=1S/C19H20Cl2N4O3S2/c1-28-17-8-7-15(21)12-16(17)25-18(13-5-3-6-14(20)11-13)23-24-19(25)29-10-4-9-22-30(2,26)27/h3,5-8,11-12,22H,4,9-10H2,1-2H3. The van der Waals surface area contributed by atoms with E-state index in [1.165, 1.54) is 11.8 Å². The summed E-state index contributed by atoms with van der Waals surface area (Å²) in [7, 11) is -1.62. The van der Waals surface area contributed by atoms with Crippen molar-refractivity contribution in [3.05, 3.63) is 52.5 Å². The van der Waals surface area contributed by atoms with Gasteiger partial charge in [0.1, 0.15) is 5.75 Å². The van der Waals surface area contributed by atoms with Crippen LogP contribution in [0.1, 0.15) is 6.42 Å². The lowest BCUT2D eigenvalue weighted by Crippen LogP contribution is -2.23. The third-order valence-corrected chi connectivity index (χ3v) is 6.23. The Morgan fingerprint density at radius 3 is 2.60 bits per heavy atom. The Kier molecular flexibility index (Phi) is 7.65. The van der Waals surface area contributed by atoms with Crippen molar-refractivity contribution in [1.82, 2.24) is 19.5 Å². The molecule has 0 fully saturated rings. The van der Waals surface area contributed by atoms with Gasteiger partial charge in [-0.2, -0.15) is 0 Å². The van der Waals surface area contributed by atoms with Gasteiger partial charge in [0.25, 0.3) is 0 Å². The van der Waals surface area contributed by atoms with Crippen LogP contribution >= 0.6 is 35.0 Å². The Hall–Kier alpha value is -1.78. The van der Waals surface area contributed by atoms with Crippen molar-refractivity contribution in [2.75, 3.05) is 25.7 Å². The highest BCUT2D eigenvalue weighted by Gasteiger charge is 2.19. The minimum atomic E-state index is -3.21. The van der Waals surface area contributed by atoms with Crippen LogP contribution in [-0.4, -0.2) is 48.8 Å². The van der Waals surface area contributed by atoms with E-state index in [1.54, 1.807) is 31.4 Å². The zero-order valence-corrected chi connectivity index (χ0v) is 19.4. The molecule has 11 heteroatoms. The van der Waals surface area contributed by atoms with Crippen LogP contribution < -0.4 is 9.46 Å². The molecule has 30 heavy (non-hydrogen) atoms. The minimum absolute atomic E-state index is 0.349. The molecular weight excluding hydrogens is 467 g/mol. The number of hydrogen-bond donors (Lipinski definition) is 1. The molecule has 3 rings (SSSR count). The van der Waals surface area contributed by atoms with E-state index in [2.05, 4.69) is 14.9 Å². The monoisotopic (exact) mass is 486 g/mol. The summed E-state index contributed by atoms with van der Waals surface area (Å²) in [5, 5.41) is 10.5. The maximum Gasteiger partial charge on any atom is 0.208 e. The van der Waals surface area contributed by atoms with Crippen molar-refractivity contribution in [2.45, 2.75) is 11.6 Å². The van der Waals surface area contributed by atoms with E-state index in [9.17, 15) is 8.42 Å². The molecule has 0 spiro atoms. The molecule has 0 saturated carbocycles. The first-order chi connectivity index (χ1) is 14.3. The van der Waals surface area contributed by atoms with Crippen LogP contribution in [0, 0.1) is 0 Å². The average molecular weight is 487 g/mol. The molecule has 7 nitrogen and oxygen atoms in total. The summed E-state index contributed by atoms with van der Waals surface area (Å²) in [6.45, 7) is 0.349. The summed E-state index contributed by atoms with van der Waals surface area (Å²) in [6.07, 6.45) is 1.77. The molecule has 0 amide bonds. The molecule has 1 aromatic heterocycles. The van der Waals surface area contributed by atoms with Gasteiger partial charge in [-0.1, -0.05) is 47.1 Å². The van der Waals surface area contributed by atoms with Gasteiger partial charge in [-0.25, -0.2) is 13.1 Å². The first kappa shape index (κ1) is 22.9. The third-order valence-electron chi connectivity index (χ3n) is 4.01. The van der Waals surface area contributed by atoms with Gasteiger partial charge < -0.3 is 4.74 Å². The molecule has 0 unspecified atom stereocenters. The van der Waals surface area contributed by atoms with Crippen LogP contribution in [0.25, 0.3) is 17.1 Å². The van der Waals surface area contributed by atoms with E-state index in [0.29, 0.717) is 51.2 Å². The van der Waals surface area contributed by atoms with Crippen LogP contribution in [0.5, 0.6) is 5.75 Å². The fourth-order valence-corrected chi connectivity index (χ4v) is 4.48. The smallest absolute Gasteiger partial charge is 0.208 e. The molecule has 3 aromatic rings. The number of nitrogens with zero attached hydrogens (tertiary/aromatic N) is 3. The number of sulfonamides is 1. The molecule has 1 N–H and O–H groups in total. The van der Waals surface area contributed by atoms with E-state index in [4.69, 9.17) is 27.9 Å². The Morgan fingerprint density at radius 1 is 1.13 bits per heavy atom. The van der Waals surface area contributed by atoms with Gasteiger partial charge in [0.15, 0.2) is 11.0 Å². The van der Waals surface area contributed by atoms with Crippen molar-refractivity contribution in [1.29, 1.82) is 0 Å². The van der Waals surface area contributed by atoms with Gasteiger partial charge in [0.2, 0.25) is 10.0 Å². The van der Waals surface area contributed by atoms with Crippen LogP contribution in [0.2, 0.25) is 10.0 Å². The predicted octanol–water partition coefficient (Wildman–Crippen LogP) is 4.28. The molecule has 1 heterocycles. The Labute approximate surface area is 189 Å². The highest BCUT2D eigenvalue weighted by molar-refractivity contribution is 7.99. The fraction of sp³-hybridized carbons (Fsp3) is 0.263. The van der Waals surface area contributed by atoms with E-state index < -0.39 is 10.0 Å². The maximum atomic E-state index is 11.2. The number of ether oxygens (including phenoxy) is 1. The van der Waals surface area contributed by atoms with E-state index >= 15 is 0 Å². The highest BCUT2D eigenvalue weighted by atomic mass is 35.5. The number of rotatable bonds is 9. The molecule has 0 aliphatic carbocycles. The quantitative estimate of drug-likeness (QED) is 0.358. The Balaban J connectivity index is 1.97. The summed E-state index contributed by atoms with van der Waals surface area (Å²) in [4.78, 5) is 0. The number of aromatic nitrogens is 3. The molecule has 0 bridgehead atoms. The lowest BCUT2D eigenvalue weighted by Gasteiger charge is -2.14. The Bertz CT molecular complexity index is 1140. The predicted molar refractivity (Wildman–Crippen MR) is 122 cm³/mol. The number of hydrogen-bond acceptors (Lipinski definition) is 6. The third kappa shape index (κ3) is 5.89. The number of methoxy groups -OCH3 is 1. The molecule has 2 aromatic carbocycles. The topological polar surface area (TPSA) is 86.1 Å². The van der Waals surface area contributed by atoms with E-state index in [1.807, 2.05) is 22.8 Å². The second-order valence-corrected chi connectivity index (χ2v) is 10.1. The van der Waals surface area contributed by atoms with Gasteiger partial charge in [-0.3, -0.25) is 4.57 Å². The number of halogens is 2. The number of nitrogens with one attached hydrogen (secondary N) is 1. The van der Waals surface area contributed by atoms with Crippen molar-refractivity contribution >= 4 is 45.0 Å². The number of benzene rings is 2. The maximum absolute atomic E-state index is 11.2. The first-order valence-electron chi connectivity index (χ1n) is 8.91. The second-order valence-electron chi connectivity index (χ2n) is 6.34. The molecule has 0 radical (unpaired) electrons. The molecule has 0 atom stereocenters. The summed E-state index contributed by atoms with van der Waals surface area (Å²) >= 11 is 13.9. The highest BCUT2D eigenvalue weighted by Crippen LogP contribution is 2.34. The van der Waals surface area contributed by atoms with Gasteiger partial charge in [-0.15, -0.1) is 10.2 Å². The zero-order valence-electron chi connectivity index (χ0n) is 16.3. The molecule has 0 saturated heterocycles. The van der Waals surface area contributed by atoms with Crippen LogP contribution in [-0.2, 0) is 10.0 Å². The molecule has 0 aliphatic heterocycles. The van der Waals surface area contributed by atoms with Crippen LogP contribution in [0.4, 0.5) is 0 Å². The fourth-order valence-electron chi connectivity index (χ4n) is 2.73. The first-order valence-corrected chi connectivity index (χ1v) is 12.5.